The lowest BCUT2D eigenvalue weighted by molar-refractivity contribution is 0.332. The molecule has 0 N–H and O–H groups in total. The number of aromatic nitrogens is 1. The van der Waals surface area contributed by atoms with Gasteiger partial charge in [-0.2, -0.15) is 5.26 Å². The van der Waals surface area contributed by atoms with Gasteiger partial charge in [-0.25, -0.2) is 17.2 Å². The van der Waals surface area contributed by atoms with Crippen LogP contribution in [0.15, 0.2) is 51.9 Å². The zero-order valence-corrected chi connectivity index (χ0v) is 14.3. The third kappa shape index (κ3) is 3.21. The summed E-state index contributed by atoms with van der Waals surface area (Å²) in [6.45, 7) is -0.964. The van der Waals surface area contributed by atoms with Crippen LogP contribution in [0.2, 0.25) is 0 Å². The fraction of sp³-hybridized carbons (Fsp3) is 0.111. The average molecular weight is 374 g/mol. The maximum Gasteiger partial charge on any atom is 0.178 e. The molecule has 0 aliphatic rings. The first kappa shape index (κ1) is 17.8. The van der Waals surface area contributed by atoms with Gasteiger partial charge in [0, 0.05) is 11.8 Å². The lowest BCUT2D eigenvalue weighted by Crippen LogP contribution is -2.01. The number of alkyl halides is 1. The molecule has 1 heterocycles. The molecule has 8 heteroatoms. The van der Waals surface area contributed by atoms with Gasteiger partial charge in [0.2, 0.25) is 0 Å². The van der Waals surface area contributed by atoms with Crippen molar-refractivity contribution in [3.8, 4) is 28.5 Å². The molecule has 0 saturated heterocycles. The smallest absolute Gasteiger partial charge is 0.178 e. The van der Waals surface area contributed by atoms with Crippen molar-refractivity contribution in [3.05, 3.63) is 59.6 Å². The Morgan fingerprint density at radius 2 is 1.81 bits per heavy atom. The highest BCUT2D eigenvalue weighted by molar-refractivity contribution is 7.90. The Hall–Kier alpha value is -3.05. The first-order valence-electron chi connectivity index (χ1n) is 7.40. The van der Waals surface area contributed by atoms with E-state index in [1.165, 1.54) is 6.07 Å². The molecule has 0 radical (unpaired) electrons. The zero-order chi connectivity index (χ0) is 18.9. The van der Waals surface area contributed by atoms with Crippen molar-refractivity contribution in [1.82, 2.24) is 5.16 Å². The van der Waals surface area contributed by atoms with Gasteiger partial charge in [-0.15, -0.1) is 0 Å². The van der Waals surface area contributed by atoms with E-state index in [1.54, 1.807) is 24.3 Å². The van der Waals surface area contributed by atoms with E-state index in [1.807, 2.05) is 6.07 Å². The summed E-state index contributed by atoms with van der Waals surface area (Å²) in [5.41, 5.74) is 1.73. The molecule has 3 aromatic rings. The number of nitriles is 1. The lowest BCUT2D eigenvalue weighted by Gasteiger charge is -2.06. The molecule has 0 aliphatic heterocycles. The number of benzene rings is 2. The molecule has 2 aromatic carbocycles. The van der Waals surface area contributed by atoms with Crippen LogP contribution in [0.25, 0.3) is 22.4 Å². The highest BCUT2D eigenvalue weighted by Crippen LogP contribution is 2.36. The molecular weight excluding hydrogens is 362 g/mol. The number of hydrogen-bond donors (Lipinski definition) is 0. The Morgan fingerprint density at radius 1 is 1.15 bits per heavy atom. The van der Waals surface area contributed by atoms with Gasteiger partial charge in [0.05, 0.1) is 17.2 Å². The van der Waals surface area contributed by atoms with Crippen LogP contribution in [0.4, 0.5) is 8.78 Å². The van der Waals surface area contributed by atoms with Crippen LogP contribution >= 0.6 is 0 Å². The van der Waals surface area contributed by atoms with Gasteiger partial charge in [-0.3, -0.25) is 0 Å². The Bertz CT molecular complexity index is 1110. The minimum atomic E-state index is -3.72. The Morgan fingerprint density at radius 3 is 2.35 bits per heavy atom. The van der Waals surface area contributed by atoms with Crippen molar-refractivity contribution in [2.45, 2.75) is 11.6 Å². The van der Waals surface area contributed by atoms with Gasteiger partial charge in [-0.1, -0.05) is 23.4 Å². The molecule has 5 nitrogen and oxygen atoms in total. The third-order valence-electron chi connectivity index (χ3n) is 3.79. The van der Waals surface area contributed by atoms with E-state index < -0.39 is 27.2 Å². The number of hydrogen-bond acceptors (Lipinski definition) is 5. The number of halogens is 2. The van der Waals surface area contributed by atoms with Crippen molar-refractivity contribution < 1.29 is 21.7 Å². The van der Waals surface area contributed by atoms with Gasteiger partial charge in [0.15, 0.2) is 22.3 Å². The number of sulfone groups is 1. The third-order valence-corrected chi connectivity index (χ3v) is 4.92. The molecule has 3 rings (SSSR count). The van der Waals surface area contributed by atoms with Gasteiger partial charge in [0.1, 0.15) is 16.4 Å². The van der Waals surface area contributed by atoms with Crippen molar-refractivity contribution in [3.63, 3.8) is 0 Å². The van der Waals surface area contributed by atoms with E-state index in [-0.39, 0.29) is 22.6 Å². The average Bonchev–Trinajstić information content (AvgIpc) is 3.04. The highest BCUT2D eigenvalue weighted by Gasteiger charge is 2.22. The van der Waals surface area contributed by atoms with E-state index in [2.05, 4.69) is 5.16 Å². The second-order valence-corrected chi connectivity index (χ2v) is 7.55. The van der Waals surface area contributed by atoms with E-state index >= 15 is 0 Å². The summed E-state index contributed by atoms with van der Waals surface area (Å²) >= 11 is 0. The van der Waals surface area contributed by atoms with Crippen molar-refractivity contribution in [1.29, 1.82) is 5.26 Å². The zero-order valence-electron chi connectivity index (χ0n) is 13.5. The molecule has 0 atom stereocenters. The summed E-state index contributed by atoms with van der Waals surface area (Å²) in [6.07, 6.45) is 0.902. The highest BCUT2D eigenvalue weighted by atomic mass is 32.2. The van der Waals surface area contributed by atoms with Crippen LogP contribution in [0.1, 0.15) is 11.3 Å². The molecule has 0 bridgehead atoms. The quantitative estimate of drug-likeness (QED) is 0.692. The molecule has 0 spiro atoms. The summed E-state index contributed by atoms with van der Waals surface area (Å²) < 4.78 is 55.7. The minimum absolute atomic E-state index is 0.101. The Balaban J connectivity index is 2.17. The Kier molecular flexibility index (Phi) is 4.57. The first-order chi connectivity index (χ1) is 12.3. The molecule has 0 aliphatic carbocycles. The van der Waals surface area contributed by atoms with Crippen LogP contribution in [0.5, 0.6) is 0 Å². The molecule has 26 heavy (non-hydrogen) atoms. The molecule has 0 fully saturated rings. The van der Waals surface area contributed by atoms with Crippen molar-refractivity contribution in [2.24, 2.45) is 0 Å². The Labute approximate surface area is 148 Å². The minimum Gasteiger partial charge on any atom is -0.357 e. The summed E-state index contributed by atoms with van der Waals surface area (Å²) in [5.74, 6) is -1.04. The van der Waals surface area contributed by atoms with E-state index in [9.17, 15) is 17.2 Å². The van der Waals surface area contributed by atoms with Gasteiger partial charge in [0.25, 0.3) is 0 Å². The summed E-state index contributed by atoms with van der Waals surface area (Å²) in [6, 6.07) is 11.9. The van der Waals surface area contributed by atoms with Crippen LogP contribution in [0.3, 0.4) is 0 Å². The standard InChI is InChI=1S/C18H12F2N2O3S/c1-26(23,24)16-7-6-13(8-14(16)20)17-15(9-19)25-22-18(17)12-4-2-11(10-21)3-5-12/h2-8H,9H2,1H3. The summed E-state index contributed by atoms with van der Waals surface area (Å²) in [5, 5.41) is 12.7. The second-order valence-electron chi connectivity index (χ2n) is 5.57. The maximum atomic E-state index is 14.2. The van der Waals surface area contributed by atoms with Crippen LogP contribution in [0, 0.1) is 17.1 Å². The molecule has 0 unspecified atom stereocenters. The topological polar surface area (TPSA) is 84.0 Å². The largest absolute Gasteiger partial charge is 0.357 e. The number of rotatable bonds is 4. The van der Waals surface area contributed by atoms with Crippen molar-refractivity contribution >= 4 is 9.84 Å². The van der Waals surface area contributed by atoms with Crippen molar-refractivity contribution in [2.75, 3.05) is 6.26 Å². The predicted molar refractivity (Wildman–Crippen MR) is 90.0 cm³/mol. The van der Waals surface area contributed by atoms with Gasteiger partial charge >= 0.3 is 0 Å². The monoisotopic (exact) mass is 374 g/mol. The summed E-state index contributed by atoms with van der Waals surface area (Å²) in [4.78, 5) is -0.445. The first-order valence-corrected chi connectivity index (χ1v) is 9.29. The van der Waals surface area contributed by atoms with E-state index in [4.69, 9.17) is 9.78 Å². The normalized spacial score (nSPS) is 11.3. The lowest BCUT2D eigenvalue weighted by atomic mass is 9.98. The van der Waals surface area contributed by atoms with Gasteiger partial charge < -0.3 is 4.52 Å². The van der Waals surface area contributed by atoms with Crippen LogP contribution < -0.4 is 0 Å². The SMILES string of the molecule is CS(=O)(=O)c1ccc(-c2c(-c3ccc(C#N)cc3)noc2CF)cc1F. The number of nitrogens with zero attached hydrogens (tertiary/aromatic N) is 2. The van der Waals surface area contributed by atoms with E-state index in [0.717, 1.165) is 18.4 Å². The fourth-order valence-electron chi connectivity index (χ4n) is 2.57. The van der Waals surface area contributed by atoms with Crippen LogP contribution in [-0.4, -0.2) is 19.8 Å². The molecular formula is C18H12F2N2O3S. The fourth-order valence-corrected chi connectivity index (χ4v) is 3.30. The van der Waals surface area contributed by atoms with Crippen LogP contribution in [-0.2, 0) is 16.5 Å². The molecule has 132 valence electrons. The van der Waals surface area contributed by atoms with E-state index in [0.29, 0.717) is 11.1 Å². The summed E-state index contributed by atoms with van der Waals surface area (Å²) in [7, 11) is -3.72. The second kappa shape index (κ2) is 6.69. The molecule has 0 saturated carbocycles. The predicted octanol–water partition coefficient (Wildman–Crippen LogP) is 3.89. The molecule has 0 amide bonds. The molecule has 1 aromatic heterocycles. The van der Waals surface area contributed by atoms with Gasteiger partial charge in [-0.05, 0) is 29.8 Å². The maximum absolute atomic E-state index is 14.2.